The third-order valence-electron chi connectivity index (χ3n) is 7.24. The maximum atomic E-state index is 13.3. The van der Waals surface area contributed by atoms with Gasteiger partial charge in [0.2, 0.25) is 11.8 Å². The number of anilines is 1. The van der Waals surface area contributed by atoms with E-state index in [2.05, 4.69) is 28.8 Å². The Labute approximate surface area is 224 Å². The lowest BCUT2D eigenvalue weighted by Gasteiger charge is -2.35. The van der Waals surface area contributed by atoms with Crippen molar-refractivity contribution in [2.75, 3.05) is 17.6 Å². The molecule has 3 amide bonds. The Morgan fingerprint density at radius 3 is 2.63 bits per heavy atom. The first kappa shape index (κ1) is 26.2. The number of nitrogens with zero attached hydrogens (tertiary/aromatic N) is 2. The highest BCUT2D eigenvalue weighted by atomic mass is 31.1. The zero-order valence-electron chi connectivity index (χ0n) is 22.0. The molecule has 38 heavy (non-hydrogen) atoms. The summed E-state index contributed by atoms with van der Waals surface area (Å²) in [4.78, 5) is 39.6. The van der Waals surface area contributed by atoms with Gasteiger partial charge in [-0.1, -0.05) is 44.3 Å². The number of rotatable bonds is 5. The van der Waals surface area contributed by atoms with Crippen molar-refractivity contribution >= 4 is 31.5 Å². The molecule has 198 valence electrons. The van der Waals surface area contributed by atoms with E-state index in [-0.39, 0.29) is 17.9 Å². The molecule has 3 aliphatic rings. The molecule has 3 aliphatic heterocycles. The summed E-state index contributed by atoms with van der Waals surface area (Å²) < 4.78 is 5.60. The minimum atomic E-state index is -0.705. The van der Waals surface area contributed by atoms with Crippen LogP contribution < -0.4 is 10.6 Å². The minimum Gasteiger partial charge on any atom is -0.444 e. The number of nitrogens with one attached hydrogen (secondary N) is 2. The van der Waals surface area contributed by atoms with Crippen LogP contribution in [0.2, 0.25) is 0 Å². The smallest absolute Gasteiger partial charge is 0.411 e. The molecule has 2 N–H and O–H groups in total. The zero-order chi connectivity index (χ0) is 27.0. The lowest BCUT2D eigenvalue weighted by atomic mass is 9.96. The highest BCUT2D eigenvalue weighted by Gasteiger charge is 2.52. The molecule has 0 radical (unpaired) electrons. The van der Waals surface area contributed by atoms with Crippen molar-refractivity contribution in [2.24, 2.45) is 0 Å². The maximum Gasteiger partial charge on any atom is 0.411 e. The molecule has 2 aromatic rings. The van der Waals surface area contributed by atoms with E-state index in [0.717, 1.165) is 53.1 Å². The summed E-state index contributed by atoms with van der Waals surface area (Å²) in [5.41, 5.74) is 4.30. The van der Waals surface area contributed by atoms with Gasteiger partial charge in [-0.2, -0.15) is 5.26 Å². The summed E-state index contributed by atoms with van der Waals surface area (Å²) in [5, 5.41) is 15.6. The summed E-state index contributed by atoms with van der Waals surface area (Å²) in [6.45, 7) is 5.46. The van der Waals surface area contributed by atoms with E-state index in [4.69, 9.17) is 4.74 Å². The summed E-state index contributed by atoms with van der Waals surface area (Å²) in [5.74, 6) is -0.764. The Morgan fingerprint density at radius 2 is 1.92 bits per heavy atom. The Balaban J connectivity index is 1.24. The predicted molar refractivity (Wildman–Crippen MR) is 147 cm³/mol. The van der Waals surface area contributed by atoms with Crippen LogP contribution in [0.3, 0.4) is 0 Å². The van der Waals surface area contributed by atoms with Gasteiger partial charge in [0.05, 0.1) is 6.07 Å². The average Bonchev–Trinajstić information content (AvgIpc) is 3.49. The van der Waals surface area contributed by atoms with Gasteiger partial charge in [0.15, 0.2) is 0 Å². The van der Waals surface area contributed by atoms with Crippen LogP contribution in [-0.2, 0) is 27.2 Å². The van der Waals surface area contributed by atoms with Crippen LogP contribution in [0.15, 0.2) is 42.5 Å². The molecule has 0 aromatic heterocycles. The minimum absolute atomic E-state index is 0.0375. The van der Waals surface area contributed by atoms with Crippen LogP contribution in [0.5, 0.6) is 0 Å². The molecule has 5 rings (SSSR count). The number of hydrogen-bond donors (Lipinski definition) is 2. The van der Waals surface area contributed by atoms with Crippen LogP contribution >= 0.6 is 7.92 Å². The molecule has 0 aliphatic carbocycles. The highest BCUT2D eigenvalue weighted by Crippen LogP contribution is 2.57. The molecule has 2 bridgehead atoms. The van der Waals surface area contributed by atoms with E-state index in [9.17, 15) is 19.6 Å². The van der Waals surface area contributed by atoms with Gasteiger partial charge in [0.1, 0.15) is 17.4 Å². The number of fused-ring (bicyclic) bond motifs is 3. The maximum absolute atomic E-state index is 13.3. The molecule has 4 atom stereocenters. The molecule has 3 heterocycles. The zero-order valence-corrected chi connectivity index (χ0v) is 22.9. The number of carbonyl (C=O) groups excluding carboxylic acids is 3. The molecule has 2 aromatic carbocycles. The number of carbonyl (C=O) groups is 3. The molecular weight excluding hydrogens is 499 g/mol. The normalized spacial score (nSPS) is 22.7. The molecule has 9 heteroatoms. The first-order chi connectivity index (χ1) is 18.1. The summed E-state index contributed by atoms with van der Waals surface area (Å²) in [7, 11) is -0.639. The first-order valence-electron chi connectivity index (χ1n) is 13.1. The van der Waals surface area contributed by atoms with Crippen molar-refractivity contribution in [3.8, 4) is 17.2 Å². The molecule has 2 unspecified atom stereocenters. The van der Waals surface area contributed by atoms with E-state index in [0.29, 0.717) is 12.8 Å². The van der Waals surface area contributed by atoms with Gasteiger partial charge in [-0.15, -0.1) is 0 Å². The fraction of sp³-hybridized carbons (Fsp3) is 0.448. The van der Waals surface area contributed by atoms with Crippen LogP contribution in [0.1, 0.15) is 44.7 Å². The Hall–Kier alpha value is -3.43. The van der Waals surface area contributed by atoms with Gasteiger partial charge in [0, 0.05) is 24.6 Å². The van der Waals surface area contributed by atoms with E-state index >= 15 is 0 Å². The van der Waals surface area contributed by atoms with Gasteiger partial charge in [-0.05, 0) is 74.3 Å². The quantitative estimate of drug-likeness (QED) is 0.546. The second-order valence-electron chi connectivity index (χ2n) is 11.2. The number of aryl methyl sites for hydroxylation is 1. The topological polar surface area (TPSA) is 112 Å². The molecule has 0 spiro atoms. The third-order valence-corrected chi connectivity index (χ3v) is 10.1. The fourth-order valence-electron chi connectivity index (χ4n) is 5.44. The number of ether oxygens (including phenoxy) is 1. The van der Waals surface area contributed by atoms with Gasteiger partial charge in [-0.3, -0.25) is 14.5 Å². The number of amides is 3. The van der Waals surface area contributed by atoms with Crippen LogP contribution in [0.4, 0.5) is 10.5 Å². The first-order valence-corrected chi connectivity index (χ1v) is 14.9. The average molecular weight is 533 g/mol. The number of benzene rings is 2. The van der Waals surface area contributed by atoms with E-state index in [1.807, 2.05) is 51.1 Å². The number of nitriles is 1. The second kappa shape index (κ2) is 10.4. The van der Waals surface area contributed by atoms with Crippen molar-refractivity contribution in [3.05, 3.63) is 53.6 Å². The van der Waals surface area contributed by atoms with Crippen molar-refractivity contribution in [2.45, 2.75) is 69.9 Å². The second-order valence-corrected chi connectivity index (χ2v) is 13.7. The monoisotopic (exact) mass is 532 g/mol. The van der Waals surface area contributed by atoms with Gasteiger partial charge >= 0.3 is 6.09 Å². The molecule has 2 fully saturated rings. The largest absolute Gasteiger partial charge is 0.444 e. The van der Waals surface area contributed by atoms with Crippen LogP contribution in [-0.4, -0.2) is 58.6 Å². The number of hydrogen-bond acceptors (Lipinski definition) is 5. The van der Waals surface area contributed by atoms with Crippen molar-refractivity contribution in [1.82, 2.24) is 10.2 Å². The molecule has 2 saturated heterocycles. The third kappa shape index (κ3) is 5.54. The van der Waals surface area contributed by atoms with Crippen molar-refractivity contribution in [1.29, 1.82) is 5.26 Å². The van der Waals surface area contributed by atoms with Gasteiger partial charge < -0.3 is 15.4 Å². The highest BCUT2D eigenvalue weighted by molar-refractivity contribution is 7.60. The Bertz CT molecular complexity index is 1300. The van der Waals surface area contributed by atoms with E-state index < -0.39 is 31.4 Å². The van der Waals surface area contributed by atoms with Gasteiger partial charge in [-0.25, -0.2) is 4.79 Å². The summed E-state index contributed by atoms with van der Waals surface area (Å²) in [6.07, 6.45) is 3.90. The van der Waals surface area contributed by atoms with Crippen molar-refractivity contribution < 1.29 is 19.1 Å². The molecule has 8 nitrogen and oxygen atoms in total. The van der Waals surface area contributed by atoms with Gasteiger partial charge in [0.25, 0.3) is 0 Å². The lowest BCUT2D eigenvalue weighted by molar-refractivity contribution is -0.124. The Morgan fingerprint density at radius 1 is 1.18 bits per heavy atom. The van der Waals surface area contributed by atoms with E-state index in [1.165, 1.54) is 0 Å². The molecule has 0 saturated carbocycles. The fourth-order valence-corrected chi connectivity index (χ4v) is 8.64. The Kier molecular flexibility index (Phi) is 7.15. The van der Waals surface area contributed by atoms with Crippen LogP contribution in [0, 0.1) is 11.3 Å². The van der Waals surface area contributed by atoms with E-state index in [1.54, 1.807) is 4.90 Å². The van der Waals surface area contributed by atoms with Crippen LogP contribution in [0.25, 0.3) is 11.1 Å². The summed E-state index contributed by atoms with van der Waals surface area (Å²) in [6, 6.07) is 15.5. The summed E-state index contributed by atoms with van der Waals surface area (Å²) >= 11 is 0. The predicted octanol–water partition coefficient (Wildman–Crippen LogP) is 4.62. The lowest BCUT2D eigenvalue weighted by Crippen LogP contribution is -2.53. The SMILES string of the molecule is CC(C)(C)OC(=O)N1C2CCP(C2)[C@H]1C(=O)N[C@H](C#N)Cc1ccc(-c2ccc3c(c2)NC(=O)CC3)cc1. The molecular formula is C29H33N4O4P. The standard InChI is InChI=1S/C29H33N4O4P/c1-29(2,3)37-28(36)33-23-12-13-38(17-23)27(33)26(35)31-22(16-30)14-18-4-6-19(7-5-18)21-9-8-20-10-11-25(34)32-24(20)15-21/h4-9,15,22-23,27H,10-14,17H2,1-3H3,(H,31,35)(H,32,34)/t22-,23?,27-,38?/m0/s1. The van der Waals surface area contributed by atoms with Crippen molar-refractivity contribution in [3.63, 3.8) is 0 Å².